The molecule has 1 unspecified atom stereocenters. The number of amides is 2. The van der Waals surface area contributed by atoms with E-state index in [9.17, 15) is 14.0 Å². The molecule has 2 aromatic rings. The summed E-state index contributed by atoms with van der Waals surface area (Å²) in [6, 6.07) is 15.7. The van der Waals surface area contributed by atoms with Gasteiger partial charge in [0.05, 0.1) is 0 Å². The van der Waals surface area contributed by atoms with Gasteiger partial charge in [0, 0.05) is 52.2 Å². The highest BCUT2D eigenvalue weighted by molar-refractivity contribution is 6.30. The summed E-state index contributed by atoms with van der Waals surface area (Å²) in [5.74, 6) is -0.250. The summed E-state index contributed by atoms with van der Waals surface area (Å²) < 4.78 is 13.3. The van der Waals surface area contributed by atoms with Crippen molar-refractivity contribution in [2.45, 2.75) is 39.1 Å². The molecule has 3 rings (SSSR count). The van der Waals surface area contributed by atoms with Crippen molar-refractivity contribution in [3.8, 4) is 0 Å². The first kappa shape index (κ1) is 26.2. The van der Waals surface area contributed by atoms with Crippen LogP contribution in [-0.4, -0.2) is 65.8 Å². The molecule has 0 N–H and O–H groups in total. The minimum absolute atomic E-state index is 0.0641. The van der Waals surface area contributed by atoms with E-state index >= 15 is 0 Å². The van der Waals surface area contributed by atoms with Crippen LogP contribution in [0.2, 0.25) is 0 Å². The van der Waals surface area contributed by atoms with Gasteiger partial charge < -0.3 is 9.80 Å². The topological polar surface area (TPSA) is 43.9 Å². The molecule has 7 heteroatoms. The van der Waals surface area contributed by atoms with Crippen LogP contribution in [0.15, 0.2) is 54.6 Å². The fourth-order valence-corrected chi connectivity index (χ4v) is 4.33. The van der Waals surface area contributed by atoms with Gasteiger partial charge in [-0.25, -0.2) is 4.39 Å². The molecule has 184 valence electrons. The maximum atomic E-state index is 13.3. The second kappa shape index (κ2) is 11.8. The van der Waals surface area contributed by atoms with E-state index in [0.717, 1.165) is 30.8 Å². The van der Waals surface area contributed by atoms with E-state index < -0.39 is 5.38 Å². The number of hydrogen-bond donors (Lipinski definition) is 0. The third-order valence-corrected chi connectivity index (χ3v) is 6.44. The fourth-order valence-electron chi connectivity index (χ4n) is 4.05. The lowest BCUT2D eigenvalue weighted by Crippen LogP contribution is -2.51. The minimum atomic E-state index is -0.672. The molecule has 1 heterocycles. The highest BCUT2D eigenvalue weighted by Crippen LogP contribution is 2.24. The van der Waals surface area contributed by atoms with Crippen LogP contribution in [0.3, 0.4) is 0 Å². The van der Waals surface area contributed by atoms with Gasteiger partial charge in [-0.05, 0) is 28.7 Å². The first-order chi connectivity index (χ1) is 16.1. The van der Waals surface area contributed by atoms with E-state index in [-0.39, 0.29) is 23.0 Å². The number of piperazine rings is 1. The quantitative estimate of drug-likeness (QED) is 0.506. The van der Waals surface area contributed by atoms with E-state index in [0.29, 0.717) is 32.6 Å². The molecule has 1 fully saturated rings. The molecule has 1 aliphatic rings. The number of carbonyl (C=O) groups is 2. The molecule has 0 bridgehead atoms. The molecular formula is C27H35ClFN3O2. The summed E-state index contributed by atoms with van der Waals surface area (Å²) in [6.45, 7) is 10.6. The molecular weight excluding hydrogens is 453 g/mol. The molecule has 0 radical (unpaired) electrons. The lowest BCUT2D eigenvalue weighted by atomic mass is 9.91. The van der Waals surface area contributed by atoms with Crippen LogP contribution in [0, 0.1) is 11.2 Å². The number of nitrogens with zero attached hydrogens (tertiary/aromatic N) is 3. The Balaban J connectivity index is 1.54. The van der Waals surface area contributed by atoms with Crippen molar-refractivity contribution in [1.82, 2.24) is 14.7 Å². The largest absolute Gasteiger partial charge is 0.339 e. The normalized spacial score (nSPS) is 15.7. The molecule has 0 saturated carbocycles. The summed E-state index contributed by atoms with van der Waals surface area (Å²) in [6.07, 6.45) is 0.451. The molecule has 0 aliphatic carbocycles. The molecule has 0 aromatic heterocycles. The first-order valence-corrected chi connectivity index (χ1v) is 12.3. The van der Waals surface area contributed by atoms with Crippen LogP contribution in [0.1, 0.15) is 43.7 Å². The SMILES string of the molecule is CC(C)(C)CC(=O)N(CCN1CCN(C(=O)C(Cl)c2ccccc2)CC1)Cc1ccc(F)cc1. The second-order valence-electron chi connectivity index (χ2n) is 10.1. The third kappa shape index (κ3) is 7.81. The molecule has 0 spiro atoms. The zero-order valence-electron chi connectivity index (χ0n) is 20.3. The highest BCUT2D eigenvalue weighted by Gasteiger charge is 2.28. The summed E-state index contributed by atoms with van der Waals surface area (Å²) in [7, 11) is 0. The van der Waals surface area contributed by atoms with Gasteiger partial charge in [-0.3, -0.25) is 14.5 Å². The van der Waals surface area contributed by atoms with Gasteiger partial charge in [0.2, 0.25) is 11.8 Å². The molecule has 5 nitrogen and oxygen atoms in total. The number of carbonyl (C=O) groups excluding carboxylic acids is 2. The lowest BCUT2D eigenvalue weighted by molar-refractivity contribution is -0.134. The van der Waals surface area contributed by atoms with Gasteiger partial charge in [-0.1, -0.05) is 63.2 Å². The fraction of sp³-hybridized carbons (Fsp3) is 0.481. The predicted octanol–water partition coefficient (Wildman–Crippen LogP) is 4.71. The number of alkyl halides is 1. The van der Waals surface area contributed by atoms with Crippen molar-refractivity contribution in [3.63, 3.8) is 0 Å². The molecule has 2 aromatic carbocycles. The van der Waals surface area contributed by atoms with Crippen LogP contribution in [-0.2, 0) is 16.1 Å². The van der Waals surface area contributed by atoms with Crippen molar-refractivity contribution in [2.75, 3.05) is 39.3 Å². The Kier molecular flexibility index (Phi) is 9.09. The molecule has 34 heavy (non-hydrogen) atoms. The van der Waals surface area contributed by atoms with Crippen molar-refractivity contribution < 1.29 is 14.0 Å². The Morgan fingerprint density at radius 1 is 1.00 bits per heavy atom. The van der Waals surface area contributed by atoms with Crippen LogP contribution < -0.4 is 0 Å². The monoisotopic (exact) mass is 487 g/mol. The van der Waals surface area contributed by atoms with Crippen molar-refractivity contribution in [1.29, 1.82) is 0 Å². The van der Waals surface area contributed by atoms with Crippen LogP contribution in [0.4, 0.5) is 4.39 Å². The Bertz CT molecular complexity index is 939. The first-order valence-electron chi connectivity index (χ1n) is 11.8. The predicted molar refractivity (Wildman–Crippen MR) is 134 cm³/mol. The molecule has 2 amide bonds. The summed E-state index contributed by atoms with van der Waals surface area (Å²) >= 11 is 6.43. The third-order valence-electron chi connectivity index (χ3n) is 6.00. The molecule has 1 saturated heterocycles. The van der Waals surface area contributed by atoms with E-state index in [4.69, 9.17) is 11.6 Å². The van der Waals surface area contributed by atoms with E-state index in [1.165, 1.54) is 12.1 Å². The summed E-state index contributed by atoms with van der Waals surface area (Å²) in [5, 5.41) is -0.672. The van der Waals surface area contributed by atoms with Gasteiger partial charge in [0.25, 0.3) is 0 Å². The standard InChI is InChI=1S/C27H35ClFN3O2/c1-27(2,3)19-24(33)32(20-21-9-11-23(29)12-10-21)18-15-30-13-16-31(17-14-30)26(34)25(28)22-7-5-4-6-8-22/h4-12,25H,13-20H2,1-3H3. The maximum absolute atomic E-state index is 13.3. The zero-order chi connectivity index (χ0) is 24.7. The molecule has 1 atom stereocenters. The summed E-state index contributed by atoms with van der Waals surface area (Å²) in [4.78, 5) is 31.8. The second-order valence-corrected chi connectivity index (χ2v) is 10.6. The van der Waals surface area contributed by atoms with Crippen molar-refractivity contribution in [2.24, 2.45) is 5.41 Å². The van der Waals surface area contributed by atoms with Crippen molar-refractivity contribution in [3.05, 3.63) is 71.5 Å². The Hall–Kier alpha value is -2.44. The van der Waals surface area contributed by atoms with Gasteiger partial charge in [0.15, 0.2) is 0 Å². The van der Waals surface area contributed by atoms with Crippen LogP contribution >= 0.6 is 11.6 Å². The maximum Gasteiger partial charge on any atom is 0.245 e. The smallest absolute Gasteiger partial charge is 0.245 e. The average Bonchev–Trinajstić information content (AvgIpc) is 2.81. The van der Waals surface area contributed by atoms with Crippen molar-refractivity contribution >= 4 is 23.4 Å². The van der Waals surface area contributed by atoms with E-state index in [1.807, 2.05) is 40.1 Å². The summed E-state index contributed by atoms with van der Waals surface area (Å²) in [5.41, 5.74) is 1.61. The van der Waals surface area contributed by atoms with Gasteiger partial charge in [-0.15, -0.1) is 11.6 Å². The van der Waals surface area contributed by atoms with Gasteiger partial charge in [-0.2, -0.15) is 0 Å². The average molecular weight is 488 g/mol. The number of rotatable bonds is 8. The zero-order valence-corrected chi connectivity index (χ0v) is 21.1. The van der Waals surface area contributed by atoms with Gasteiger partial charge in [0.1, 0.15) is 11.2 Å². The lowest BCUT2D eigenvalue weighted by Gasteiger charge is -2.37. The Morgan fingerprint density at radius 3 is 2.21 bits per heavy atom. The van der Waals surface area contributed by atoms with Crippen LogP contribution in [0.25, 0.3) is 0 Å². The number of benzene rings is 2. The Labute approximate surface area is 207 Å². The Morgan fingerprint density at radius 2 is 1.62 bits per heavy atom. The minimum Gasteiger partial charge on any atom is -0.339 e. The number of hydrogen-bond acceptors (Lipinski definition) is 3. The van der Waals surface area contributed by atoms with E-state index in [2.05, 4.69) is 25.7 Å². The molecule has 1 aliphatic heterocycles. The number of halogens is 2. The van der Waals surface area contributed by atoms with Crippen LogP contribution in [0.5, 0.6) is 0 Å². The van der Waals surface area contributed by atoms with E-state index in [1.54, 1.807) is 12.1 Å². The van der Waals surface area contributed by atoms with Gasteiger partial charge >= 0.3 is 0 Å². The highest BCUT2D eigenvalue weighted by atomic mass is 35.5.